The van der Waals surface area contributed by atoms with Gasteiger partial charge in [0.1, 0.15) is 13.1 Å². The third kappa shape index (κ3) is 4.48. The van der Waals surface area contributed by atoms with Gasteiger partial charge in [0, 0.05) is 11.3 Å². The van der Waals surface area contributed by atoms with Crippen LogP contribution in [0.2, 0.25) is 0 Å². The first-order chi connectivity index (χ1) is 9.88. The fourth-order valence-corrected chi connectivity index (χ4v) is 1.68. The third-order valence-corrected chi connectivity index (χ3v) is 2.87. The molecule has 7 heteroatoms. The predicted molar refractivity (Wildman–Crippen MR) is 75.5 cm³/mol. The van der Waals surface area contributed by atoms with Crippen molar-refractivity contribution in [2.45, 2.75) is 6.92 Å². The average molecular weight is 294 g/mol. The molecule has 0 unspecified atom stereocenters. The zero-order valence-corrected chi connectivity index (χ0v) is 12.2. The second-order valence-corrected chi connectivity index (χ2v) is 4.39. The highest BCUT2D eigenvalue weighted by molar-refractivity contribution is 5.99. The number of carbonyl (C=O) groups is 3. The average Bonchev–Trinajstić information content (AvgIpc) is 2.47. The van der Waals surface area contributed by atoms with Gasteiger partial charge >= 0.3 is 11.9 Å². The molecule has 0 aliphatic carbocycles. The summed E-state index contributed by atoms with van der Waals surface area (Å²) in [6.07, 6.45) is 0. The molecule has 1 aromatic carbocycles. The number of methoxy groups -OCH3 is 2. The van der Waals surface area contributed by atoms with Crippen LogP contribution in [0.25, 0.3) is 0 Å². The highest BCUT2D eigenvalue weighted by Crippen LogP contribution is 2.15. The van der Waals surface area contributed by atoms with Crippen molar-refractivity contribution in [2.75, 3.05) is 33.0 Å². The number of hydrogen-bond donors (Lipinski definition) is 1. The van der Waals surface area contributed by atoms with Crippen LogP contribution in [-0.2, 0) is 19.1 Å². The van der Waals surface area contributed by atoms with Crippen molar-refractivity contribution in [2.24, 2.45) is 0 Å². The molecule has 0 heterocycles. The van der Waals surface area contributed by atoms with Gasteiger partial charge in [0.2, 0.25) is 0 Å². The van der Waals surface area contributed by atoms with Gasteiger partial charge < -0.3 is 20.1 Å². The van der Waals surface area contributed by atoms with E-state index in [-0.39, 0.29) is 13.1 Å². The number of nitrogens with two attached hydrogens (primary N) is 1. The molecule has 0 fully saturated rings. The van der Waals surface area contributed by atoms with E-state index in [0.29, 0.717) is 16.8 Å². The molecule has 1 aromatic rings. The zero-order valence-electron chi connectivity index (χ0n) is 12.2. The van der Waals surface area contributed by atoms with E-state index in [9.17, 15) is 14.4 Å². The van der Waals surface area contributed by atoms with Crippen molar-refractivity contribution in [3.05, 3.63) is 29.3 Å². The Kier molecular flexibility index (Phi) is 5.71. The number of esters is 2. The molecule has 0 atom stereocenters. The maximum absolute atomic E-state index is 12.5. The van der Waals surface area contributed by atoms with Gasteiger partial charge in [0.25, 0.3) is 5.91 Å². The van der Waals surface area contributed by atoms with Gasteiger partial charge in [0.05, 0.1) is 14.2 Å². The zero-order chi connectivity index (χ0) is 16.0. The Morgan fingerprint density at radius 1 is 1.10 bits per heavy atom. The van der Waals surface area contributed by atoms with Gasteiger partial charge in [-0.25, -0.2) is 0 Å². The highest BCUT2D eigenvalue weighted by atomic mass is 16.5. The van der Waals surface area contributed by atoms with Crippen LogP contribution in [0.15, 0.2) is 18.2 Å². The van der Waals surface area contributed by atoms with E-state index >= 15 is 0 Å². The Bertz CT molecular complexity index is 538. The van der Waals surface area contributed by atoms with E-state index in [4.69, 9.17) is 5.73 Å². The maximum Gasteiger partial charge on any atom is 0.325 e. The van der Waals surface area contributed by atoms with E-state index < -0.39 is 17.8 Å². The summed E-state index contributed by atoms with van der Waals surface area (Å²) in [5.74, 6) is -1.75. The Labute approximate surface area is 122 Å². The first kappa shape index (κ1) is 16.5. The SMILES string of the molecule is COC(=O)CN(CC(=O)OC)C(=O)c1cc(N)ccc1C. The van der Waals surface area contributed by atoms with Crippen molar-refractivity contribution in [3.63, 3.8) is 0 Å². The Morgan fingerprint density at radius 3 is 2.10 bits per heavy atom. The molecule has 7 nitrogen and oxygen atoms in total. The number of ether oxygens (including phenoxy) is 2. The molecule has 1 amide bonds. The number of amides is 1. The molecule has 0 saturated carbocycles. The monoisotopic (exact) mass is 294 g/mol. The van der Waals surface area contributed by atoms with Crippen molar-refractivity contribution in [1.82, 2.24) is 4.90 Å². The summed E-state index contributed by atoms with van der Waals surface area (Å²) >= 11 is 0. The molecule has 0 radical (unpaired) electrons. The van der Waals surface area contributed by atoms with Crippen LogP contribution >= 0.6 is 0 Å². The largest absolute Gasteiger partial charge is 0.468 e. The minimum atomic E-state index is -0.631. The molecule has 0 aliphatic heterocycles. The van der Waals surface area contributed by atoms with Crippen molar-refractivity contribution in [1.29, 1.82) is 0 Å². The Hall–Kier alpha value is -2.57. The quantitative estimate of drug-likeness (QED) is 0.622. The van der Waals surface area contributed by atoms with E-state index in [2.05, 4.69) is 9.47 Å². The smallest absolute Gasteiger partial charge is 0.325 e. The van der Waals surface area contributed by atoms with Crippen molar-refractivity contribution >= 4 is 23.5 Å². The summed E-state index contributed by atoms with van der Waals surface area (Å²) in [6, 6.07) is 4.85. The number of carbonyl (C=O) groups excluding carboxylic acids is 3. The fraction of sp³-hybridized carbons (Fsp3) is 0.357. The molecule has 114 valence electrons. The third-order valence-electron chi connectivity index (χ3n) is 2.87. The molecule has 0 aromatic heterocycles. The first-order valence-electron chi connectivity index (χ1n) is 6.18. The summed E-state index contributed by atoms with van der Waals surface area (Å²) < 4.78 is 9.05. The van der Waals surface area contributed by atoms with Gasteiger partial charge in [-0.3, -0.25) is 14.4 Å². The lowest BCUT2D eigenvalue weighted by Crippen LogP contribution is -2.40. The number of aryl methyl sites for hydroxylation is 1. The molecule has 1 rings (SSSR count). The number of anilines is 1. The van der Waals surface area contributed by atoms with Crippen LogP contribution in [0.5, 0.6) is 0 Å². The molecule has 0 spiro atoms. The fourth-order valence-electron chi connectivity index (χ4n) is 1.68. The lowest BCUT2D eigenvalue weighted by molar-refractivity contribution is -0.144. The second-order valence-electron chi connectivity index (χ2n) is 4.39. The van der Waals surface area contributed by atoms with Gasteiger partial charge in [0.15, 0.2) is 0 Å². The molecule has 2 N–H and O–H groups in total. The van der Waals surface area contributed by atoms with Crippen molar-refractivity contribution < 1.29 is 23.9 Å². The number of hydrogen-bond acceptors (Lipinski definition) is 6. The van der Waals surface area contributed by atoms with Gasteiger partial charge in [-0.15, -0.1) is 0 Å². The summed E-state index contributed by atoms with van der Waals surface area (Å²) in [7, 11) is 2.41. The summed E-state index contributed by atoms with van der Waals surface area (Å²) in [5, 5.41) is 0. The van der Waals surface area contributed by atoms with Crippen LogP contribution in [0.3, 0.4) is 0 Å². The second kappa shape index (κ2) is 7.28. The molecular weight excluding hydrogens is 276 g/mol. The van der Waals surface area contributed by atoms with E-state index in [1.54, 1.807) is 19.1 Å². The number of nitrogen functional groups attached to an aromatic ring is 1. The normalized spacial score (nSPS) is 9.86. The molecule has 0 bridgehead atoms. The lowest BCUT2D eigenvalue weighted by atomic mass is 10.1. The standard InChI is InChI=1S/C14H18N2O5/c1-9-4-5-10(15)6-11(9)14(19)16(7-12(17)20-2)8-13(18)21-3/h4-6H,7-8,15H2,1-3H3. The minimum absolute atomic E-state index is 0.322. The summed E-state index contributed by atoms with van der Waals surface area (Å²) in [5.41, 5.74) is 7.09. The number of benzene rings is 1. The number of rotatable bonds is 5. The summed E-state index contributed by atoms with van der Waals surface area (Å²) in [4.78, 5) is 36.3. The predicted octanol–water partition coefficient (Wildman–Crippen LogP) is 0.365. The van der Waals surface area contributed by atoms with E-state index in [1.165, 1.54) is 20.3 Å². The van der Waals surface area contributed by atoms with Crippen molar-refractivity contribution in [3.8, 4) is 0 Å². The molecule has 0 saturated heterocycles. The van der Waals surface area contributed by atoms with Crippen LogP contribution in [0.4, 0.5) is 5.69 Å². The molecular formula is C14H18N2O5. The highest BCUT2D eigenvalue weighted by Gasteiger charge is 2.23. The molecule has 21 heavy (non-hydrogen) atoms. The van der Waals surface area contributed by atoms with E-state index in [0.717, 1.165) is 4.90 Å². The van der Waals surface area contributed by atoms with Crippen LogP contribution in [0, 0.1) is 6.92 Å². The van der Waals surface area contributed by atoms with Crippen LogP contribution < -0.4 is 5.73 Å². The molecule has 0 aliphatic rings. The minimum Gasteiger partial charge on any atom is -0.468 e. The van der Waals surface area contributed by atoms with Gasteiger partial charge in [-0.05, 0) is 24.6 Å². The van der Waals surface area contributed by atoms with Crippen LogP contribution in [0.1, 0.15) is 15.9 Å². The Morgan fingerprint density at radius 2 is 1.62 bits per heavy atom. The Balaban J connectivity index is 3.05. The van der Waals surface area contributed by atoms with Gasteiger partial charge in [-0.2, -0.15) is 0 Å². The number of nitrogens with zero attached hydrogens (tertiary/aromatic N) is 1. The van der Waals surface area contributed by atoms with E-state index in [1.807, 2.05) is 0 Å². The maximum atomic E-state index is 12.5. The summed E-state index contributed by atoms with van der Waals surface area (Å²) in [6.45, 7) is 1.04. The first-order valence-corrected chi connectivity index (χ1v) is 6.18. The topological polar surface area (TPSA) is 98.9 Å². The van der Waals surface area contributed by atoms with Crippen LogP contribution in [-0.4, -0.2) is 50.1 Å². The van der Waals surface area contributed by atoms with Gasteiger partial charge in [-0.1, -0.05) is 6.07 Å². The lowest BCUT2D eigenvalue weighted by Gasteiger charge is -2.21.